The van der Waals surface area contributed by atoms with Crippen molar-refractivity contribution in [1.82, 2.24) is 14.8 Å². The van der Waals surface area contributed by atoms with Crippen LogP contribution in [0.3, 0.4) is 0 Å². The smallest absolute Gasteiger partial charge is 0.417 e. The largest absolute Gasteiger partial charge is 0.454 e. The zero-order valence-electron chi connectivity index (χ0n) is 17.9. The molecule has 0 fully saturated rings. The number of alkyl halides is 3. The number of urea groups is 1. The highest BCUT2D eigenvalue weighted by atomic mass is 35.5. The minimum absolute atomic E-state index is 0.0551. The van der Waals surface area contributed by atoms with Crippen molar-refractivity contribution < 1.29 is 27.1 Å². The number of carbonyl (C=O) groups excluding carboxylic acids is 1. The quantitative estimate of drug-likeness (QED) is 0.295. The molecule has 35 heavy (non-hydrogen) atoms. The van der Waals surface area contributed by atoms with Gasteiger partial charge in [-0.1, -0.05) is 11.6 Å². The molecular formula is C23H16ClF4N5O2. The Morgan fingerprint density at radius 1 is 1.03 bits per heavy atom. The Morgan fingerprint density at radius 2 is 1.71 bits per heavy atom. The van der Waals surface area contributed by atoms with Crippen molar-refractivity contribution in [2.75, 3.05) is 10.6 Å². The zero-order valence-corrected chi connectivity index (χ0v) is 18.7. The lowest BCUT2D eigenvalue weighted by Crippen LogP contribution is -2.19. The molecule has 2 amide bonds. The first-order valence-electron chi connectivity index (χ1n) is 9.96. The van der Waals surface area contributed by atoms with Gasteiger partial charge in [-0.3, -0.25) is 9.67 Å². The molecule has 2 aromatic heterocycles. The first-order chi connectivity index (χ1) is 16.6. The molecule has 2 N–H and O–H groups in total. The Hall–Kier alpha value is -4.12. The van der Waals surface area contributed by atoms with Crippen LogP contribution in [-0.4, -0.2) is 20.8 Å². The Kier molecular flexibility index (Phi) is 6.61. The van der Waals surface area contributed by atoms with E-state index in [1.54, 1.807) is 24.1 Å². The Labute approximate surface area is 201 Å². The highest BCUT2D eigenvalue weighted by molar-refractivity contribution is 6.31. The van der Waals surface area contributed by atoms with Crippen LogP contribution in [0.25, 0.3) is 11.3 Å². The van der Waals surface area contributed by atoms with Crippen molar-refractivity contribution in [2.45, 2.75) is 6.18 Å². The summed E-state index contributed by atoms with van der Waals surface area (Å²) in [7, 11) is 1.75. The van der Waals surface area contributed by atoms with Crippen LogP contribution in [0.5, 0.6) is 11.5 Å². The fourth-order valence-electron chi connectivity index (χ4n) is 3.06. The van der Waals surface area contributed by atoms with E-state index in [9.17, 15) is 22.4 Å². The van der Waals surface area contributed by atoms with E-state index in [0.717, 1.165) is 18.3 Å². The van der Waals surface area contributed by atoms with Crippen molar-refractivity contribution >= 4 is 29.0 Å². The number of carbonyl (C=O) groups is 1. The molecule has 0 spiro atoms. The second kappa shape index (κ2) is 9.63. The molecule has 12 heteroatoms. The molecular weight excluding hydrogens is 490 g/mol. The summed E-state index contributed by atoms with van der Waals surface area (Å²) < 4.78 is 60.4. The van der Waals surface area contributed by atoms with Crippen LogP contribution >= 0.6 is 11.6 Å². The summed E-state index contributed by atoms with van der Waals surface area (Å²) in [4.78, 5) is 16.2. The number of halogens is 5. The van der Waals surface area contributed by atoms with Crippen molar-refractivity contribution in [3.63, 3.8) is 0 Å². The van der Waals surface area contributed by atoms with E-state index in [2.05, 4.69) is 20.7 Å². The second-order valence-corrected chi connectivity index (χ2v) is 7.71. The number of anilines is 2. The average Bonchev–Trinajstić information content (AvgIpc) is 3.23. The number of pyridine rings is 1. The van der Waals surface area contributed by atoms with Gasteiger partial charge in [-0.25, -0.2) is 9.18 Å². The molecule has 180 valence electrons. The van der Waals surface area contributed by atoms with E-state index in [4.69, 9.17) is 16.3 Å². The SMILES string of the molecule is Cn1cc(-c2cc(Oc3ccc(NC(=O)Nc4ccc(Cl)c(C(F)(F)F)c4)cc3)c(F)cn2)cn1. The predicted molar refractivity (Wildman–Crippen MR) is 122 cm³/mol. The molecule has 4 rings (SSSR count). The van der Waals surface area contributed by atoms with Gasteiger partial charge in [0.1, 0.15) is 5.75 Å². The molecule has 2 heterocycles. The third-order valence-electron chi connectivity index (χ3n) is 4.69. The van der Waals surface area contributed by atoms with Crippen LogP contribution in [0.2, 0.25) is 5.02 Å². The van der Waals surface area contributed by atoms with Crippen molar-refractivity contribution in [3.05, 3.63) is 83.5 Å². The summed E-state index contributed by atoms with van der Waals surface area (Å²) in [6.45, 7) is 0. The van der Waals surface area contributed by atoms with Gasteiger partial charge in [0.05, 0.1) is 28.7 Å². The lowest BCUT2D eigenvalue weighted by atomic mass is 10.2. The number of nitrogens with zero attached hydrogens (tertiary/aromatic N) is 3. The molecule has 0 bridgehead atoms. The fraction of sp³-hybridized carbons (Fsp3) is 0.0870. The lowest BCUT2D eigenvalue weighted by molar-refractivity contribution is -0.137. The number of amides is 2. The van der Waals surface area contributed by atoms with Gasteiger partial charge in [0.15, 0.2) is 11.6 Å². The normalized spacial score (nSPS) is 11.3. The van der Waals surface area contributed by atoms with Gasteiger partial charge in [0, 0.05) is 36.2 Å². The summed E-state index contributed by atoms with van der Waals surface area (Å²) >= 11 is 5.58. The minimum atomic E-state index is -4.66. The van der Waals surface area contributed by atoms with Crippen LogP contribution in [-0.2, 0) is 13.2 Å². The van der Waals surface area contributed by atoms with Gasteiger partial charge in [-0.05, 0) is 42.5 Å². The van der Waals surface area contributed by atoms with Gasteiger partial charge in [0.25, 0.3) is 0 Å². The molecule has 0 aliphatic carbocycles. The molecule has 7 nitrogen and oxygen atoms in total. The van der Waals surface area contributed by atoms with Gasteiger partial charge in [0.2, 0.25) is 0 Å². The van der Waals surface area contributed by atoms with Crippen molar-refractivity contribution in [3.8, 4) is 22.8 Å². The molecule has 0 radical (unpaired) electrons. The predicted octanol–water partition coefficient (Wildman–Crippen LogP) is 6.73. The number of aryl methyl sites for hydroxylation is 1. The Bertz CT molecular complexity index is 1370. The summed E-state index contributed by atoms with van der Waals surface area (Å²) in [6, 6.07) is 9.65. The third-order valence-corrected chi connectivity index (χ3v) is 5.02. The minimum Gasteiger partial charge on any atom is -0.454 e. The van der Waals surface area contributed by atoms with E-state index in [1.807, 2.05) is 0 Å². The molecule has 4 aromatic rings. The zero-order chi connectivity index (χ0) is 25.2. The maximum absolute atomic E-state index is 14.2. The number of nitrogens with one attached hydrogen (secondary N) is 2. The molecule has 0 aliphatic rings. The first kappa shape index (κ1) is 24.0. The topological polar surface area (TPSA) is 81.1 Å². The van der Waals surface area contributed by atoms with E-state index in [0.29, 0.717) is 16.9 Å². The lowest BCUT2D eigenvalue weighted by Gasteiger charge is -2.13. The molecule has 0 saturated carbocycles. The molecule has 0 saturated heterocycles. The molecule has 0 aliphatic heterocycles. The summed E-state index contributed by atoms with van der Waals surface area (Å²) in [5.74, 6) is -0.438. The number of hydrogen-bond acceptors (Lipinski definition) is 4. The van der Waals surface area contributed by atoms with E-state index < -0.39 is 28.6 Å². The van der Waals surface area contributed by atoms with Crippen molar-refractivity contribution in [2.24, 2.45) is 7.05 Å². The number of ether oxygens (including phenoxy) is 1. The molecule has 2 aromatic carbocycles. The van der Waals surface area contributed by atoms with Crippen LogP contribution < -0.4 is 15.4 Å². The van der Waals surface area contributed by atoms with E-state index >= 15 is 0 Å². The van der Waals surface area contributed by atoms with Gasteiger partial charge in [-0.15, -0.1) is 0 Å². The average molecular weight is 506 g/mol. The summed E-state index contributed by atoms with van der Waals surface area (Å²) in [5, 5.41) is 8.38. The van der Waals surface area contributed by atoms with Crippen LogP contribution in [0.15, 0.2) is 67.1 Å². The second-order valence-electron chi connectivity index (χ2n) is 7.30. The maximum Gasteiger partial charge on any atom is 0.417 e. The fourth-order valence-corrected chi connectivity index (χ4v) is 3.28. The number of aromatic nitrogens is 3. The first-order valence-corrected chi connectivity index (χ1v) is 10.3. The summed E-state index contributed by atoms with van der Waals surface area (Å²) in [6.07, 6.45) is -0.306. The van der Waals surface area contributed by atoms with E-state index in [-0.39, 0.29) is 17.2 Å². The number of hydrogen-bond donors (Lipinski definition) is 2. The standard InChI is InChI=1S/C23H16ClF4N5O2/c1-33-12-13(10-30-33)20-9-21(19(25)11-29-20)35-16-5-2-14(3-6-16)31-22(34)32-15-4-7-18(24)17(8-15)23(26,27)28/h2-12H,1H3,(H2,31,32,34). The van der Waals surface area contributed by atoms with Crippen LogP contribution in [0, 0.1) is 5.82 Å². The molecule has 0 unspecified atom stereocenters. The van der Waals surface area contributed by atoms with E-state index in [1.165, 1.54) is 36.4 Å². The van der Waals surface area contributed by atoms with Crippen LogP contribution in [0.4, 0.5) is 33.7 Å². The maximum atomic E-state index is 14.2. The number of benzene rings is 2. The van der Waals surface area contributed by atoms with Crippen molar-refractivity contribution in [1.29, 1.82) is 0 Å². The molecule has 0 atom stereocenters. The highest BCUT2D eigenvalue weighted by Crippen LogP contribution is 2.36. The monoisotopic (exact) mass is 505 g/mol. The highest BCUT2D eigenvalue weighted by Gasteiger charge is 2.33. The third kappa shape index (κ3) is 5.87. The number of rotatable bonds is 5. The Morgan fingerprint density at radius 3 is 2.37 bits per heavy atom. The summed E-state index contributed by atoms with van der Waals surface area (Å²) in [5.41, 5.74) is 0.336. The van der Waals surface area contributed by atoms with Gasteiger partial charge >= 0.3 is 12.2 Å². The van der Waals surface area contributed by atoms with Crippen LogP contribution in [0.1, 0.15) is 5.56 Å². The van der Waals surface area contributed by atoms with Gasteiger partial charge < -0.3 is 15.4 Å². The van der Waals surface area contributed by atoms with Gasteiger partial charge in [-0.2, -0.15) is 18.3 Å². The Balaban J connectivity index is 1.41.